The second kappa shape index (κ2) is 8.66. The van der Waals surface area contributed by atoms with Crippen molar-refractivity contribution in [2.75, 3.05) is 6.61 Å². The Kier molecular flexibility index (Phi) is 6.58. The first-order valence-corrected chi connectivity index (χ1v) is 7.84. The molecule has 0 aliphatic heterocycles. The zero-order valence-electron chi connectivity index (χ0n) is 12.4. The lowest BCUT2D eigenvalue weighted by atomic mass is 10.2. The summed E-state index contributed by atoms with van der Waals surface area (Å²) in [6.45, 7) is -0.335. The fraction of sp³-hybridized carbons (Fsp3) is 0.0667. The standard InChI is InChI=1S/C15H10Cl3N3O4/c16-10-5-4-9(6-12(10)21(23)24)7-19-20-14(22)8-25-13-3-1-2-11(17)15(13)18/h1-7H,8H2,(H,20,22). The SMILES string of the molecule is O=C(COc1cccc(Cl)c1Cl)NN=Cc1ccc(Cl)c([N+](=O)[O-])c1. The van der Waals surface area contributed by atoms with Crippen molar-refractivity contribution in [1.82, 2.24) is 5.43 Å². The van der Waals surface area contributed by atoms with Gasteiger partial charge in [-0.05, 0) is 18.2 Å². The van der Waals surface area contributed by atoms with E-state index in [0.717, 1.165) is 0 Å². The van der Waals surface area contributed by atoms with E-state index in [0.29, 0.717) is 10.6 Å². The highest BCUT2D eigenvalue weighted by molar-refractivity contribution is 6.42. The van der Waals surface area contributed by atoms with Crippen LogP contribution in [-0.2, 0) is 4.79 Å². The maximum absolute atomic E-state index is 11.7. The van der Waals surface area contributed by atoms with E-state index >= 15 is 0 Å². The number of hydrogen-bond acceptors (Lipinski definition) is 5. The first-order chi connectivity index (χ1) is 11.9. The highest BCUT2D eigenvalue weighted by Crippen LogP contribution is 2.31. The Labute approximate surface area is 157 Å². The third-order valence-electron chi connectivity index (χ3n) is 2.84. The summed E-state index contributed by atoms with van der Waals surface area (Å²) in [5.74, 6) is -0.280. The van der Waals surface area contributed by atoms with Gasteiger partial charge in [-0.3, -0.25) is 14.9 Å². The van der Waals surface area contributed by atoms with E-state index in [4.69, 9.17) is 39.5 Å². The number of hydrogen-bond donors (Lipinski definition) is 1. The Morgan fingerprint density at radius 1 is 1.24 bits per heavy atom. The van der Waals surface area contributed by atoms with Gasteiger partial charge in [-0.2, -0.15) is 5.10 Å². The van der Waals surface area contributed by atoms with E-state index in [1.807, 2.05) is 0 Å². The van der Waals surface area contributed by atoms with E-state index in [-0.39, 0.29) is 28.1 Å². The largest absolute Gasteiger partial charge is 0.482 e. The van der Waals surface area contributed by atoms with Gasteiger partial charge in [0.2, 0.25) is 0 Å². The van der Waals surface area contributed by atoms with Gasteiger partial charge in [0.1, 0.15) is 15.8 Å². The molecule has 0 saturated heterocycles. The molecule has 2 rings (SSSR count). The summed E-state index contributed by atoms with van der Waals surface area (Å²) in [6.07, 6.45) is 1.24. The predicted molar refractivity (Wildman–Crippen MR) is 95.8 cm³/mol. The van der Waals surface area contributed by atoms with Crippen molar-refractivity contribution in [3.05, 3.63) is 67.1 Å². The van der Waals surface area contributed by atoms with Crippen LogP contribution in [0.15, 0.2) is 41.5 Å². The molecule has 0 saturated carbocycles. The predicted octanol–water partition coefficient (Wildman–Crippen LogP) is 4.08. The summed E-state index contributed by atoms with van der Waals surface area (Å²) < 4.78 is 5.24. The summed E-state index contributed by atoms with van der Waals surface area (Å²) in [7, 11) is 0. The minimum atomic E-state index is -0.610. The number of nitro benzene ring substituents is 1. The Morgan fingerprint density at radius 2 is 2.00 bits per heavy atom. The number of halogens is 3. The lowest BCUT2D eigenvalue weighted by Crippen LogP contribution is -2.24. The van der Waals surface area contributed by atoms with Crippen molar-refractivity contribution in [3.8, 4) is 5.75 Å². The summed E-state index contributed by atoms with van der Waals surface area (Å²) in [5.41, 5.74) is 2.37. The average Bonchev–Trinajstić information content (AvgIpc) is 2.57. The van der Waals surface area contributed by atoms with Crippen molar-refractivity contribution in [3.63, 3.8) is 0 Å². The zero-order valence-corrected chi connectivity index (χ0v) is 14.7. The summed E-state index contributed by atoms with van der Waals surface area (Å²) in [6, 6.07) is 8.91. The molecule has 0 spiro atoms. The Balaban J connectivity index is 1.91. The van der Waals surface area contributed by atoms with Gasteiger partial charge in [0.05, 0.1) is 16.2 Å². The molecule has 10 heteroatoms. The van der Waals surface area contributed by atoms with Crippen LogP contribution in [0.25, 0.3) is 0 Å². The van der Waals surface area contributed by atoms with E-state index in [9.17, 15) is 14.9 Å². The number of nitrogens with one attached hydrogen (secondary N) is 1. The summed E-state index contributed by atoms with van der Waals surface area (Å²) in [4.78, 5) is 21.9. The first kappa shape index (κ1) is 19.0. The monoisotopic (exact) mass is 401 g/mol. The maximum Gasteiger partial charge on any atom is 0.288 e. The number of amides is 1. The lowest BCUT2D eigenvalue weighted by molar-refractivity contribution is -0.384. The van der Waals surface area contributed by atoms with Crippen molar-refractivity contribution in [2.45, 2.75) is 0 Å². The van der Waals surface area contributed by atoms with Gasteiger partial charge in [0.15, 0.2) is 6.61 Å². The van der Waals surface area contributed by atoms with Crippen LogP contribution in [0.4, 0.5) is 5.69 Å². The minimum absolute atomic E-state index is 0.0120. The van der Waals surface area contributed by atoms with E-state index in [1.165, 1.54) is 24.4 Å². The van der Waals surface area contributed by atoms with Crippen LogP contribution in [0.3, 0.4) is 0 Å². The van der Waals surface area contributed by atoms with Gasteiger partial charge in [-0.25, -0.2) is 5.43 Å². The number of ether oxygens (including phenoxy) is 1. The third-order valence-corrected chi connectivity index (χ3v) is 3.97. The summed E-state index contributed by atoms with van der Waals surface area (Å²) in [5, 5.41) is 15.0. The molecule has 0 radical (unpaired) electrons. The molecule has 25 heavy (non-hydrogen) atoms. The molecule has 1 amide bonds. The van der Waals surface area contributed by atoms with Crippen molar-refractivity contribution in [1.29, 1.82) is 0 Å². The number of carbonyl (C=O) groups is 1. The molecule has 0 heterocycles. The Morgan fingerprint density at radius 3 is 2.72 bits per heavy atom. The molecule has 130 valence electrons. The van der Waals surface area contributed by atoms with Gasteiger partial charge in [-0.1, -0.05) is 46.9 Å². The minimum Gasteiger partial charge on any atom is -0.482 e. The molecule has 0 fully saturated rings. The smallest absolute Gasteiger partial charge is 0.288 e. The van der Waals surface area contributed by atoms with Crippen LogP contribution in [0.5, 0.6) is 5.75 Å². The van der Waals surface area contributed by atoms with Crippen LogP contribution >= 0.6 is 34.8 Å². The van der Waals surface area contributed by atoms with E-state index < -0.39 is 10.8 Å². The van der Waals surface area contributed by atoms with Crippen molar-refractivity contribution in [2.24, 2.45) is 5.10 Å². The van der Waals surface area contributed by atoms with E-state index in [1.54, 1.807) is 18.2 Å². The normalized spacial score (nSPS) is 10.7. The van der Waals surface area contributed by atoms with E-state index in [2.05, 4.69) is 10.5 Å². The molecule has 1 N–H and O–H groups in total. The van der Waals surface area contributed by atoms with Gasteiger partial charge < -0.3 is 4.74 Å². The molecule has 0 aliphatic carbocycles. The Bertz CT molecular complexity index is 843. The summed E-state index contributed by atoms with van der Waals surface area (Å²) >= 11 is 17.5. The third kappa shape index (κ3) is 5.32. The van der Waals surface area contributed by atoms with Crippen LogP contribution in [0.2, 0.25) is 15.1 Å². The van der Waals surface area contributed by atoms with Crippen LogP contribution < -0.4 is 10.2 Å². The van der Waals surface area contributed by atoms with Crippen molar-refractivity contribution >= 4 is 52.6 Å². The number of carbonyl (C=O) groups excluding carboxylic acids is 1. The second-order valence-electron chi connectivity index (χ2n) is 4.60. The molecule has 2 aromatic rings. The zero-order chi connectivity index (χ0) is 18.4. The van der Waals surface area contributed by atoms with Crippen LogP contribution in [0, 0.1) is 10.1 Å². The fourth-order valence-corrected chi connectivity index (χ4v) is 2.23. The number of rotatable bonds is 6. The first-order valence-electron chi connectivity index (χ1n) is 6.71. The molecule has 0 aliphatic rings. The molecule has 0 atom stereocenters. The topological polar surface area (TPSA) is 93.8 Å². The van der Waals surface area contributed by atoms with Gasteiger partial charge in [0.25, 0.3) is 11.6 Å². The maximum atomic E-state index is 11.7. The molecule has 7 nitrogen and oxygen atoms in total. The van der Waals surface area contributed by atoms with Crippen molar-refractivity contribution < 1.29 is 14.5 Å². The lowest BCUT2D eigenvalue weighted by Gasteiger charge is -2.07. The van der Waals surface area contributed by atoms with Crippen LogP contribution in [-0.4, -0.2) is 23.7 Å². The number of benzene rings is 2. The highest BCUT2D eigenvalue weighted by Gasteiger charge is 2.12. The van der Waals surface area contributed by atoms with Gasteiger partial charge >= 0.3 is 0 Å². The number of nitro groups is 1. The molecule has 0 aromatic heterocycles. The fourth-order valence-electron chi connectivity index (χ4n) is 1.70. The molecule has 2 aromatic carbocycles. The highest BCUT2D eigenvalue weighted by atomic mass is 35.5. The molecule has 0 unspecified atom stereocenters. The number of hydrazone groups is 1. The Hall–Kier alpha value is -2.35. The number of nitrogens with zero attached hydrogens (tertiary/aromatic N) is 2. The quantitative estimate of drug-likeness (QED) is 0.447. The second-order valence-corrected chi connectivity index (χ2v) is 5.79. The van der Waals surface area contributed by atoms with Crippen LogP contribution in [0.1, 0.15) is 5.56 Å². The van der Waals surface area contributed by atoms with Gasteiger partial charge in [0, 0.05) is 11.6 Å². The molecular weight excluding hydrogens is 393 g/mol. The van der Waals surface area contributed by atoms with Gasteiger partial charge in [-0.15, -0.1) is 0 Å². The average molecular weight is 403 g/mol. The molecular formula is C15H10Cl3N3O4. The molecule has 0 bridgehead atoms.